The van der Waals surface area contributed by atoms with Gasteiger partial charge in [0.05, 0.1) is 17.1 Å². The molecule has 3 nitrogen and oxygen atoms in total. The van der Waals surface area contributed by atoms with Crippen molar-refractivity contribution >= 4 is 27.0 Å². The third-order valence-electron chi connectivity index (χ3n) is 3.33. The van der Waals surface area contributed by atoms with Gasteiger partial charge in [-0.25, -0.2) is 4.98 Å². The first kappa shape index (κ1) is 12.6. The molecule has 3 N–H and O–H groups in total. The van der Waals surface area contributed by atoms with E-state index in [1.165, 1.54) is 0 Å². The van der Waals surface area contributed by atoms with Crippen molar-refractivity contribution in [2.24, 2.45) is 11.7 Å². The minimum Gasteiger partial charge on any atom is -0.341 e. The van der Waals surface area contributed by atoms with E-state index >= 15 is 0 Å². The molecule has 2 unspecified atom stereocenters. The van der Waals surface area contributed by atoms with Crippen LogP contribution in [0.3, 0.4) is 0 Å². The van der Waals surface area contributed by atoms with Gasteiger partial charge in [0.15, 0.2) is 0 Å². The number of nitrogens with two attached hydrogens (primary N) is 1. The molecule has 1 heterocycles. The summed E-state index contributed by atoms with van der Waals surface area (Å²) in [5.41, 5.74) is 9.42. The van der Waals surface area contributed by atoms with Crippen LogP contribution in [0, 0.1) is 12.8 Å². The zero-order chi connectivity index (χ0) is 12.6. The Morgan fingerprint density at radius 1 is 1.47 bits per heavy atom. The number of benzene rings is 1. The van der Waals surface area contributed by atoms with Gasteiger partial charge in [0.1, 0.15) is 5.82 Å². The molecule has 0 saturated carbocycles. The molecule has 0 radical (unpaired) electrons. The number of rotatable bonds is 3. The third-order valence-corrected chi connectivity index (χ3v) is 3.79. The van der Waals surface area contributed by atoms with E-state index in [-0.39, 0.29) is 6.04 Å². The van der Waals surface area contributed by atoms with E-state index in [1.807, 2.05) is 6.07 Å². The number of nitrogens with one attached hydrogen (secondary N) is 1. The number of aromatic nitrogens is 2. The molecular formula is C13H18BrN3. The van der Waals surface area contributed by atoms with Gasteiger partial charge in [-0.2, -0.15) is 0 Å². The lowest BCUT2D eigenvalue weighted by Gasteiger charge is -2.15. The number of hydrogen-bond acceptors (Lipinski definition) is 2. The molecule has 0 aliphatic rings. The smallest absolute Gasteiger partial charge is 0.124 e. The summed E-state index contributed by atoms with van der Waals surface area (Å²) >= 11 is 3.49. The quantitative estimate of drug-likeness (QED) is 0.907. The normalized spacial score (nSPS) is 15.1. The highest BCUT2D eigenvalue weighted by Crippen LogP contribution is 2.26. The molecule has 2 rings (SSSR count). The van der Waals surface area contributed by atoms with E-state index in [2.05, 4.69) is 52.7 Å². The molecular weight excluding hydrogens is 278 g/mol. The molecule has 0 aliphatic carbocycles. The lowest BCUT2D eigenvalue weighted by Crippen LogP contribution is -2.19. The minimum absolute atomic E-state index is 0.0226. The van der Waals surface area contributed by atoms with Crippen LogP contribution in [-0.2, 0) is 0 Å². The summed E-state index contributed by atoms with van der Waals surface area (Å²) in [6, 6.07) is 4.09. The fourth-order valence-electron chi connectivity index (χ4n) is 1.95. The van der Waals surface area contributed by atoms with Crippen molar-refractivity contribution in [3.05, 3.63) is 28.0 Å². The highest BCUT2D eigenvalue weighted by molar-refractivity contribution is 9.10. The van der Waals surface area contributed by atoms with Gasteiger partial charge in [0, 0.05) is 4.47 Å². The zero-order valence-corrected chi connectivity index (χ0v) is 12.0. The Kier molecular flexibility index (Phi) is 3.54. The molecule has 2 aromatic rings. The highest BCUT2D eigenvalue weighted by atomic mass is 79.9. The summed E-state index contributed by atoms with van der Waals surface area (Å²) in [6.45, 7) is 6.36. The fourth-order valence-corrected chi connectivity index (χ4v) is 2.52. The number of H-pyrrole nitrogens is 1. The lowest BCUT2D eigenvalue weighted by molar-refractivity contribution is 0.442. The molecule has 2 atom stereocenters. The maximum absolute atomic E-state index is 6.20. The largest absolute Gasteiger partial charge is 0.341 e. The van der Waals surface area contributed by atoms with Crippen LogP contribution >= 0.6 is 15.9 Å². The van der Waals surface area contributed by atoms with Crippen molar-refractivity contribution in [3.63, 3.8) is 0 Å². The molecule has 17 heavy (non-hydrogen) atoms. The van der Waals surface area contributed by atoms with E-state index in [0.717, 1.165) is 33.3 Å². The number of hydrogen-bond donors (Lipinski definition) is 2. The van der Waals surface area contributed by atoms with Gasteiger partial charge in [-0.1, -0.05) is 36.2 Å². The van der Waals surface area contributed by atoms with Crippen LogP contribution in [0.15, 0.2) is 16.6 Å². The molecule has 0 saturated heterocycles. The second-order valence-electron chi connectivity index (χ2n) is 4.65. The number of fused-ring (bicyclic) bond motifs is 1. The van der Waals surface area contributed by atoms with Crippen molar-refractivity contribution in [2.75, 3.05) is 0 Å². The van der Waals surface area contributed by atoms with Crippen LogP contribution < -0.4 is 5.73 Å². The minimum atomic E-state index is -0.0226. The van der Waals surface area contributed by atoms with E-state index in [4.69, 9.17) is 5.73 Å². The Morgan fingerprint density at radius 2 is 2.18 bits per heavy atom. The van der Waals surface area contributed by atoms with Crippen molar-refractivity contribution in [1.29, 1.82) is 0 Å². The summed E-state index contributed by atoms with van der Waals surface area (Å²) in [5.74, 6) is 1.31. The van der Waals surface area contributed by atoms with Crippen molar-refractivity contribution in [2.45, 2.75) is 33.2 Å². The Morgan fingerprint density at radius 3 is 2.82 bits per heavy atom. The summed E-state index contributed by atoms with van der Waals surface area (Å²) < 4.78 is 1.06. The maximum Gasteiger partial charge on any atom is 0.124 e. The number of aryl methyl sites for hydroxylation is 1. The molecule has 0 spiro atoms. The molecule has 0 amide bonds. The number of nitrogens with zero attached hydrogens (tertiary/aromatic N) is 1. The summed E-state index contributed by atoms with van der Waals surface area (Å²) in [6.07, 6.45) is 1.06. The summed E-state index contributed by atoms with van der Waals surface area (Å²) in [4.78, 5) is 7.95. The van der Waals surface area contributed by atoms with E-state index < -0.39 is 0 Å². The highest BCUT2D eigenvalue weighted by Gasteiger charge is 2.17. The Bertz CT molecular complexity index is 533. The van der Waals surface area contributed by atoms with Crippen LogP contribution in [0.2, 0.25) is 0 Å². The number of aromatic amines is 1. The standard InChI is InChI=1S/C13H18BrN3/c1-4-7(2)11(15)13-16-10-6-9(14)5-8(3)12(10)17-13/h5-7,11H,4,15H2,1-3H3,(H,16,17). The van der Waals surface area contributed by atoms with Gasteiger partial charge in [-0.3, -0.25) is 0 Å². The van der Waals surface area contributed by atoms with Gasteiger partial charge in [-0.15, -0.1) is 0 Å². The third kappa shape index (κ3) is 2.38. The Hall–Kier alpha value is -0.870. The molecule has 92 valence electrons. The van der Waals surface area contributed by atoms with E-state index in [9.17, 15) is 0 Å². The van der Waals surface area contributed by atoms with E-state index in [1.54, 1.807) is 0 Å². The molecule has 0 fully saturated rings. The predicted molar refractivity (Wildman–Crippen MR) is 74.9 cm³/mol. The van der Waals surface area contributed by atoms with Gasteiger partial charge in [-0.05, 0) is 30.5 Å². The average Bonchev–Trinajstić information content (AvgIpc) is 2.70. The number of halogens is 1. The molecule has 1 aromatic carbocycles. The SMILES string of the molecule is CCC(C)C(N)c1nc2c(C)cc(Br)cc2[nH]1. The van der Waals surface area contributed by atoms with Gasteiger partial charge < -0.3 is 10.7 Å². The first-order valence-corrected chi connectivity index (χ1v) is 6.73. The lowest BCUT2D eigenvalue weighted by atomic mass is 10.00. The zero-order valence-electron chi connectivity index (χ0n) is 10.4. The van der Waals surface area contributed by atoms with Gasteiger partial charge in [0.25, 0.3) is 0 Å². The van der Waals surface area contributed by atoms with Crippen molar-refractivity contribution in [3.8, 4) is 0 Å². The topological polar surface area (TPSA) is 54.7 Å². The van der Waals surface area contributed by atoms with E-state index in [0.29, 0.717) is 5.92 Å². The van der Waals surface area contributed by atoms with Crippen LogP contribution in [-0.4, -0.2) is 9.97 Å². The molecule has 0 aliphatic heterocycles. The van der Waals surface area contributed by atoms with Crippen LogP contribution in [0.1, 0.15) is 37.7 Å². The first-order valence-electron chi connectivity index (χ1n) is 5.94. The fraction of sp³-hybridized carbons (Fsp3) is 0.462. The summed E-state index contributed by atoms with van der Waals surface area (Å²) in [5, 5.41) is 0. The second-order valence-corrected chi connectivity index (χ2v) is 5.57. The monoisotopic (exact) mass is 295 g/mol. The second kappa shape index (κ2) is 4.78. The predicted octanol–water partition coefficient (Wildman–Crippen LogP) is 3.68. The molecule has 4 heteroatoms. The van der Waals surface area contributed by atoms with Crippen LogP contribution in [0.25, 0.3) is 11.0 Å². The summed E-state index contributed by atoms with van der Waals surface area (Å²) in [7, 11) is 0. The van der Waals surface area contributed by atoms with Crippen molar-refractivity contribution in [1.82, 2.24) is 9.97 Å². The Labute approximate surface area is 110 Å². The Balaban J connectivity index is 2.48. The van der Waals surface area contributed by atoms with Crippen LogP contribution in [0.5, 0.6) is 0 Å². The average molecular weight is 296 g/mol. The van der Waals surface area contributed by atoms with Crippen LogP contribution in [0.4, 0.5) is 0 Å². The van der Waals surface area contributed by atoms with Gasteiger partial charge >= 0.3 is 0 Å². The maximum atomic E-state index is 6.20. The molecule has 1 aromatic heterocycles. The number of imidazole rings is 1. The van der Waals surface area contributed by atoms with Gasteiger partial charge in [0.2, 0.25) is 0 Å². The molecule has 0 bridgehead atoms. The van der Waals surface area contributed by atoms with Crippen molar-refractivity contribution < 1.29 is 0 Å². The first-order chi connectivity index (χ1) is 8.02.